The number of fused-ring (bicyclic) bond motifs is 1. The topological polar surface area (TPSA) is 21.3 Å². The summed E-state index contributed by atoms with van der Waals surface area (Å²) >= 11 is 0. The van der Waals surface area contributed by atoms with E-state index < -0.39 is 0 Å². The third-order valence-electron chi connectivity index (χ3n) is 4.17. The minimum atomic E-state index is 0.225. The molecule has 0 saturated carbocycles. The molecule has 0 bridgehead atoms. The number of aryl methyl sites for hydroxylation is 1. The van der Waals surface area contributed by atoms with E-state index in [0.717, 1.165) is 13.0 Å². The van der Waals surface area contributed by atoms with Crippen molar-refractivity contribution in [3.05, 3.63) is 35.4 Å². The van der Waals surface area contributed by atoms with Gasteiger partial charge in [0.15, 0.2) is 0 Å². The van der Waals surface area contributed by atoms with Gasteiger partial charge in [0, 0.05) is 6.04 Å². The molecule has 0 amide bonds. The largest absolute Gasteiger partial charge is 0.372 e. The van der Waals surface area contributed by atoms with Gasteiger partial charge in [0.05, 0.1) is 12.7 Å². The van der Waals surface area contributed by atoms with E-state index in [1.165, 1.54) is 24.0 Å². The monoisotopic (exact) mass is 261 g/mol. The first kappa shape index (κ1) is 14.5. The van der Waals surface area contributed by atoms with Crippen LogP contribution in [0.15, 0.2) is 24.3 Å². The molecule has 2 atom stereocenters. The molecule has 0 saturated heterocycles. The van der Waals surface area contributed by atoms with E-state index in [1.807, 2.05) is 7.05 Å². The van der Waals surface area contributed by atoms with Gasteiger partial charge in [-0.25, -0.2) is 0 Å². The lowest BCUT2D eigenvalue weighted by atomic mass is 9.86. The quantitative estimate of drug-likeness (QED) is 0.892. The Morgan fingerprint density at radius 3 is 2.74 bits per heavy atom. The van der Waals surface area contributed by atoms with Gasteiger partial charge >= 0.3 is 0 Å². The molecule has 2 rings (SSSR count). The fourth-order valence-electron chi connectivity index (χ4n) is 2.86. The van der Waals surface area contributed by atoms with Crippen molar-refractivity contribution in [1.82, 2.24) is 5.32 Å². The predicted molar refractivity (Wildman–Crippen MR) is 80.4 cm³/mol. The zero-order valence-electron chi connectivity index (χ0n) is 12.7. The second-order valence-electron chi connectivity index (χ2n) is 6.62. The van der Waals surface area contributed by atoms with Crippen molar-refractivity contribution < 1.29 is 4.74 Å². The van der Waals surface area contributed by atoms with Crippen LogP contribution in [0.5, 0.6) is 0 Å². The van der Waals surface area contributed by atoms with Crippen molar-refractivity contribution in [2.24, 2.45) is 5.41 Å². The first-order chi connectivity index (χ1) is 9.02. The summed E-state index contributed by atoms with van der Waals surface area (Å²) in [6.45, 7) is 7.55. The minimum absolute atomic E-state index is 0.225. The van der Waals surface area contributed by atoms with Crippen LogP contribution in [0.4, 0.5) is 0 Å². The minimum Gasteiger partial charge on any atom is -0.372 e. The lowest BCUT2D eigenvalue weighted by Gasteiger charge is -2.33. The molecule has 2 heteroatoms. The van der Waals surface area contributed by atoms with Crippen molar-refractivity contribution in [2.45, 2.75) is 52.2 Å². The highest BCUT2D eigenvalue weighted by molar-refractivity contribution is 5.31. The molecule has 1 aromatic carbocycles. The number of nitrogens with one attached hydrogen (secondary N) is 1. The molecule has 2 nitrogen and oxygen atoms in total. The van der Waals surface area contributed by atoms with Crippen molar-refractivity contribution >= 4 is 0 Å². The summed E-state index contributed by atoms with van der Waals surface area (Å²) in [5, 5.41) is 3.38. The first-order valence-corrected chi connectivity index (χ1v) is 7.39. The Morgan fingerprint density at radius 1 is 1.32 bits per heavy atom. The van der Waals surface area contributed by atoms with E-state index >= 15 is 0 Å². The van der Waals surface area contributed by atoms with Gasteiger partial charge in [-0.3, -0.25) is 0 Å². The number of ether oxygens (including phenoxy) is 1. The van der Waals surface area contributed by atoms with Gasteiger partial charge in [-0.1, -0.05) is 45.0 Å². The SMILES string of the molecule is CNC(COC1CCCc2ccccc21)C(C)(C)C. The van der Waals surface area contributed by atoms with Crippen LogP contribution in [-0.4, -0.2) is 19.7 Å². The van der Waals surface area contributed by atoms with E-state index in [2.05, 4.69) is 50.4 Å². The van der Waals surface area contributed by atoms with Gasteiger partial charge in [-0.05, 0) is 42.9 Å². The van der Waals surface area contributed by atoms with E-state index in [1.54, 1.807) is 0 Å². The number of hydrogen-bond acceptors (Lipinski definition) is 2. The van der Waals surface area contributed by atoms with E-state index in [9.17, 15) is 0 Å². The number of hydrogen-bond donors (Lipinski definition) is 1. The van der Waals surface area contributed by atoms with Crippen LogP contribution >= 0.6 is 0 Å². The number of benzene rings is 1. The second-order valence-corrected chi connectivity index (χ2v) is 6.62. The Kier molecular flexibility index (Phi) is 4.64. The van der Waals surface area contributed by atoms with Gasteiger partial charge in [0.2, 0.25) is 0 Å². The average Bonchev–Trinajstić information content (AvgIpc) is 2.38. The average molecular weight is 261 g/mol. The smallest absolute Gasteiger partial charge is 0.0828 e. The molecule has 1 aliphatic rings. The molecule has 19 heavy (non-hydrogen) atoms. The predicted octanol–water partition coefficient (Wildman–Crippen LogP) is 3.71. The zero-order valence-corrected chi connectivity index (χ0v) is 12.7. The zero-order chi connectivity index (χ0) is 13.9. The molecular formula is C17H27NO. The van der Waals surface area contributed by atoms with Gasteiger partial charge in [0.25, 0.3) is 0 Å². The Balaban J connectivity index is 2.01. The Morgan fingerprint density at radius 2 is 2.05 bits per heavy atom. The maximum atomic E-state index is 6.23. The molecule has 1 aromatic rings. The fraction of sp³-hybridized carbons (Fsp3) is 0.647. The highest BCUT2D eigenvalue weighted by Crippen LogP contribution is 2.33. The van der Waals surface area contributed by atoms with Crippen molar-refractivity contribution in [2.75, 3.05) is 13.7 Å². The molecule has 2 unspecified atom stereocenters. The standard InChI is InChI=1S/C17H27NO/c1-17(2,3)16(18-4)12-19-15-11-7-9-13-8-5-6-10-14(13)15/h5-6,8,10,15-16,18H,7,9,11-12H2,1-4H3. The first-order valence-electron chi connectivity index (χ1n) is 7.39. The summed E-state index contributed by atoms with van der Waals surface area (Å²) in [6, 6.07) is 9.11. The summed E-state index contributed by atoms with van der Waals surface area (Å²) in [6.07, 6.45) is 3.87. The summed E-state index contributed by atoms with van der Waals surface area (Å²) in [4.78, 5) is 0. The molecule has 0 fully saturated rings. The molecule has 0 heterocycles. The highest BCUT2D eigenvalue weighted by Gasteiger charge is 2.26. The third kappa shape index (κ3) is 3.58. The highest BCUT2D eigenvalue weighted by atomic mass is 16.5. The Hall–Kier alpha value is -0.860. The lowest BCUT2D eigenvalue weighted by molar-refractivity contribution is 0.00870. The van der Waals surface area contributed by atoms with E-state index in [4.69, 9.17) is 4.74 Å². The van der Waals surface area contributed by atoms with Gasteiger partial charge in [-0.15, -0.1) is 0 Å². The fourth-order valence-corrected chi connectivity index (χ4v) is 2.86. The summed E-state index contributed by atoms with van der Waals surface area (Å²) < 4.78 is 6.23. The molecule has 0 radical (unpaired) electrons. The number of likely N-dealkylation sites (N-methyl/N-ethyl adjacent to an activating group) is 1. The molecule has 0 aliphatic heterocycles. The van der Waals surface area contributed by atoms with Crippen LogP contribution in [0.3, 0.4) is 0 Å². The summed E-state index contributed by atoms with van der Waals surface area (Å²) in [5.74, 6) is 0. The third-order valence-corrected chi connectivity index (χ3v) is 4.17. The van der Waals surface area contributed by atoms with Gasteiger partial charge < -0.3 is 10.1 Å². The molecular weight excluding hydrogens is 234 g/mol. The second kappa shape index (κ2) is 6.06. The van der Waals surface area contributed by atoms with Crippen molar-refractivity contribution in [3.8, 4) is 0 Å². The Labute approximate surface area is 117 Å². The normalized spacial score (nSPS) is 20.9. The van der Waals surface area contributed by atoms with E-state index in [-0.39, 0.29) is 11.5 Å². The van der Waals surface area contributed by atoms with Crippen LogP contribution in [0, 0.1) is 5.41 Å². The molecule has 1 aliphatic carbocycles. The van der Waals surface area contributed by atoms with Crippen LogP contribution in [0.25, 0.3) is 0 Å². The number of rotatable bonds is 4. The van der Waals surface area contributed by atoms with Gasteiger partial charge in [-0.2, -0.15) is 0 Å². The molecule has 1 N–H and O–H groups in total. The summed E-state index contributed by atoms with van der Waals surface area (Å²) in [7, 11) is 2.02. The molecule has 106 valence electrons. The molecule has 0 spiro atoms. The van der Waals surface area contributed by atoms with Crippen LogP contribution in [0.1, 0.15) is 50.8 Å². The Bertz CT molecular complexity index is 408. The lowest BCUT2D eigenvalue weighted by Crippen LogP contribution is -2.42. The molecule has 0 aromatic heterocycles. The maximum Gasteiger partial charge on any atom is 0.0828 e. The van der Waals surface area contributed by atoms with Crippen LogP contribution in [0.2, 0.25) is 0 Å². The maximum absolute atomic E-state index is 6.23. The van der Waals surface area contributed by atoms with Gasteiger partial charge in [0.1, 0.15) is 0 Å². The van der Waals surface area contributed by atoms with Crippen LogP contribution < -0.4 is 5.32 Å². The van der Waals surface area contributed by atoms with E-state index in [0.29, 0.717) is 6.04 Å². The van der Waals surface area contributed by atoms with Crippen molar-refractivity contribution in [3.63, 3.8) is 0 Å². The van der Waals surface area contributed by atoms with Crippen LogP contribution in [-0.2, 0) is 11.2 Å². The van der Waals surface area contributed by atoms with Crippen molar-refractivity contribution in [1.29, 1.82) is 0 Å². The summed E-state index contributed by atoms with van der Waals surface area (Å²) in [5.41, 5.74) is 3.09.